The molecule has 3 rings (SSSR count). The number of rotatable bonds is 4. The molecule has 3 N–H and O–H groups in total. The summed E-state index contributed by atoms with van der Waals surface area (Å²) in [4.78, 5) is 24.6. The smallest absolute Gasteiger partial charge is 0.262 e. The molecule has 0 saturated carbocycles. The van der Waals surface area contributed by atoms with Gasteiger partial charge in [-0.1, -0.05) is 18.2 Å². The van der Waals surface area contributed by atoms with Crippen molar-refractivity contribution >= 4 is 23.2 Å². The Morgan fingerprint density at radius 3 is 2.72 bits per heavy atom. The molecule has 126 valence electrons. The van der Waals surface area contributed by atoms with Crippen LogP contribution in [0.2, 0.25) is 0 Å². The van der Waals surface area contributed by atoms with Crippen molar-refractivity contribution in [2.75, 3.05) is 17.7 Å². The topological polar surface area (TPSA) is 111 Å². The third-order valence-corrected chi connectivity index (χ3v) is 4.03. The van der Waals surface area contributed by atoms with E-state index in [1.807, 2.05) is 0 Å². The molecule has 1 aliphatic rings. The van der Waals surface area contributed by atoms with Gasteiger partial charge in [0.15, 0.2) is 5.60 Å². The Bertz CT molecular complexity index is 889. The van der Waals surface area contributed by atoms with Crippen LogP contribution in [0.15, 0.2) is 42.5 Å². The lowest BCUT2D eigenvalue weighted by molar-refractivity contribution is -0.133. The van der Waals surface area contributed by atoms with E-state index in [0.29, 0.717) is 11.3 Å². The van der Waals surface area contributed by atoms with Gasteiger partial charge in [0.1, 0.15) is 5.75 Å². The van der Waals surface area contributed by atoms with Gasteiger partial charge in [0, 0.05) is 17.2 Å². The van der Waals surface area contributed by atoms with Crippen LogP contribution in [0, 0.1) is 11.3 Å². The number of hydrogen-bond donors (Lipinski definition) is 3. The number of amides is 2. The van der Waals surface area contributed by atoms with Crippen LogP contribution in [0.1, 0.15) is 22.3 Å². The SMILES string of the molecule is COc1cc(NC(=O)c2ccccc2)c2c(c1)C(O)(CC#N)C(=O)N2. The zero-order valence-electron chi connectivity index (χ0n) is 13.4. The summed E-state index contributed by atoms with van der Waals surface area (Å²) in [6.45, 7) is 0. The summed E-state index contributed by atoms with van der Waals surface area (Å²) < 4.78 is 5.19. The van der Waals surface area contributed by atoms with Gasteiger partial charge in [-0.2, -0.15) is 5.26 Å². The number of hydrogen-bond acceptors (Lipinski definition) is 5. The maximum atomic E-state index is 12.4. The minimum absolute atomic E-state index is 0.196. The number of methoxy groups -OCH3 is 1. The molecule has 0 bridgehead atoms. The number of nitrogens with zero attached hydrogens (tertiary/aromatic N) is 1. The van der Waals surface area contributed by atoms with E-state index in [1.165, 1.54) is 19.2 Å². The summed E-state index contributed by atoms with van der Waals surface area (Å²) in [7, 11) is 1.43. The van der Waals surface area contributed by atoms with E-state index in [-0.39, 0.29) is 22.8 Å². The van der Waals surface area contributed by atoms with Crippen LogP contribution in [0.3, 0.4) is 0 Å². The molecule has 2 aromatic rings. The van der Waals surface area contributed by atoms with Gasteiger partial charge in [0.25, 0.3) is 11.8 Å². The lowest BCUT2D eigenvalue weighted by Gasteiger charge is -2.18. The third-order valence-electron chi connectivity index (χ3n) is 4.03. The van der Waals surface area contributed by atoms with Gasteiger partial charge in [0.2, 0.25) is 0 Å². The number of nitrogens with one attached hydrogen (secondary N) is 2. The van der Waals surface area contributed by atoms with Crippen LogP contribution in [-0.2, 0) is 10.4 Å². The molecule has 0 radical (unpaired) electrons. The first-order valence-electron chi connectivity index (χ1n) is 7.49. The molecule has 2 aromatic carbocycles. The van der Waals surface area contributed by atoms with Crippen LogP contribution in [0.4, 0.5) is 11.4 Å². The second-order valence-corrected chi connectivity index (χ2v) is 5.57. The molecule has 0 saturated heterocycles. The number of anilines is 2. The molecule has 0 spiro atoms. The van der Waals surface area contributed by atoms with Crippen LogP contribution >= 0.6 is 0 Å². The highest BCUT2D eigenvalue weighted by atomic mass is 16.5. The lowest BCUT2D eigenvalue weighted by Crippen LogP contribution is -2.33. The highest BCUT2D eigenvalue weighted by Gasteiger charge is 2.46. The molecule has 0 aliphatic carbocycles. The van der Waals surface area contributed by atoms with Crippen molar-refractivity contribution in [3.8, 4) is 11.8 Å². The van der Waals surface area contributed by atoms with Gasteiger partial charge in [-0.15, -0.1) is 0 Å². The molecule has 25 heavy (non-hydrogen) atoms. The van der Waals surface area contributed by atoms with Crippen molar-refractivity contribution in [2.24, 2.45) is 0 Å². The fourth-order valence-electron chi connectivity index (χ4n) is 2.71. The van der Waals surface area contributed by atoms with Gasteiger partial charge < -0.3 is 20.5 Å². The summed E-state index contributed by atoms with van der Waals surface area (Å²) in [5.41, 5.74) is -0.805. The number of carbonyl (C=O) groups excluding carboxylic acids is 2. The van der Waals surface area contributed by atoms with E-state index in [0.717, 1.165) is 0 Å². The van der Waals surface area contributed by atoms with Crippen LogP contribution < -0.4 is 15.4 Å². The van der Waals surface area contributed by atoms with Crippen molar-refractivity contribution < 1.29 is 19.4 Å². The van der Waals surface area contributed by atoms with E-state index in [1.54, 1.807) is 36.4 Å². The monoisotopic (exact) mass is 337 g/mol. The molecule has 0 aromatic heterocycles. The maximum absolute atomic E-state index is 12.4. The minimum atomic E-state index is -1.98. The molecule has 1 aliphatic heterocycles. The van der Waals surface area contributed by atoms with E-state index < -0.39 is 17.9 Å². The third kappa shape index (κ3) is 2.79. The van der Waals surface area contributed by atoms with Gasteiger partial charge in [-0.05, 0) is 18.2 Å². The summed E-state index contributed by atoms with van der Waals surface area (Å²) in [5, 5.41) is 24.8. The standard InChI is InChI=1S/C18H15N3O4/c1-25-12-9-13-15(21-17(23)18(13,24)7-8-19)14(10-12)20-16(22)11-5-3-2-4-6-11/h2-6,9-10,24H,7H2,1H3,(H,20,22)(H,21,23). The highest BCUT2D eigenvalue weighted by molar-refractivity contribution is 6.12. The van der Waals surface area contributed by atoms with Crippen LogP contribution in [-0.4, -0.2) is 24.0 Å². The molecule has 1 atom stereocenters. The van der Waals surface area contributed by atoms with Crippen molar-refractivity contribution in [2.45, 2.75) is 12.0 Å². The molecule has 7 nitrogen and oxygen atoms in total. The first kappa shape index (κ1) is 16.5. The van der Waals surface area contributed by atoms with Gasteiger partial charge >= 0.3 is 0 Å². The molecule has 0 fully saturated rings. The predicted molar refractivity (Wildman–Crippen MR) is 90.1 cm³/mol. The fourth-order valence-corrected chi connectivity index (χ4v) is 2.71. The fraction of sp³-hybridized carbons (Fsp3) is 0.167. The van der Waals surface area contributed by atoms with Crippen molar-refractivity contribution in [3.05, 3.63) is 53.6 Å². The second kappa shape index (κ2) is 6.26. The molecular weight excluding hydrogens is 322 g/mol. The van der Waals surface area contributed by atoms with Gasteiger partial charge in [-0.3, -0.25) is 9.59 Å². The lowest BCUT2D eigenvalue weighted by atomic mass is 9.92. The molecule has 2 amide bonds. The Labute approximate surface area is 143 Å². The number of carbonyl (C=O) groups is 2. The zero-order valence-corrected chi connectivity index (χ0v) is 13.4. The molecule has 1 heterocycles. The zero-order chi connectivity index (χ0) is 18.0. The van der Waals surface area contributed by atoms with Gasteiger partial charge in [-0.25, -0.2) is 0 Å². The van der Waals surface area contributed by atoms with E-state index >= 15 is 0 Å². The largest absolute Gasteiger partial charge is 0.497 e. The quantitative estimate of drug-likeness (QED) is 0.790. The first-order valence-corrected chi connectivity index (χ1v) is 7.49. The average molecular weight is 337 g/mol. The van der Waals surface area contributed by atoms with Crippen molar-refractivity contribution in [3.63, 3.8) is 0 Å². The predicted octanol–water partition coefficient (Wildman–Crippen LogP) is 2.00. The number of benzene rings is 2. The number of nitriles is 1. The van der Waals surface area contributed by atoms with Crippen molar-refractivity contribution in [1.29, 1.82) is 5.26 Å². The summed E-state index contributed by atoms with van der Waals surface area (Å²) in [6.07, 6.45) is -0.412. The highest BCUT2D eigenvalue weighted by Crippen LogP contribution is 2.44. The first-order chi connectivity index (χ1) is 12.0. The molecule has 1 unspecified atom stereocenters. The normalized spacial score (nSPS) is 18.0. The minimum Gasteiger partial charge on any atom is -0.497 e. The number of aliphatic hydroxyl groups is 1. The number of fused-ring (bicyclic) bond motifs is 1. The van der Waals surface area contributed by atoms with Crippen LogP contribution in [0.25, 0.3) is 0 Å². The summed E-state index contributed by atoms with van der Waals surface area (Å²) in [5.74, 6) is -0.747. The maximum Gasteiger partial charge on any atom is 0.262 e. The van der Waals surface area contributed by atoms with E-state index in [9.17, 15) is 14.7 Å². The second-order valence-electron chi connectivity index (χ2n) is 5.57. The van der Waals surface area contributed by atoms with Gasteiger partial charge in [0.05, 0.1) is 31.0 Å². The van der Waals surface area contributed by atoms with Crippen molar-refractivity contribution in [1.82, 2.24) is 0 Å². The average Bonchev–Trinajstić information content (AvgIpc) is 2.87. The Balaban J connectivity index is 2.05. The Kier molecular flexibility index (Phi) is 4.13. The number of ether oxygens (including phenoxy) is 1. The van der Waals surface area contributed by atoms with E-state index in [2.05, 4.69) is 10.6 Å². The summed E-state index contributed by atoms with van der Waals surface area (Å²) >= 11 is 0. The van der Waals surface area contributed by atoms with E-state index in [4.69, 9.17) is 10.00 Å². The Hall–Kier alpha value is -3.37. The summed E-state index contributed by atoms with van der Waals surface area (Å²) in [6, 6.07) is 13.4. The Morgan fingerprint density at radius 1 is 1.36 bits per heavy atom. The molecular formula is C18H15N3O4. The van der Waals surface area contributed by atoms with Crippen LogP contribution in [0.5, 0.6) is 5.75 Å². The Morgan fingerprint density at radius 2 is 2.08 bits per heavy atom. The molecule has 7 heteroatoms.